The van der Waals surface area contributed by atoms with Crippen LogP contribution < -0.4 is 4.74 Å². The Morgan fingerprint density at radius 3 is 2.62 bits per heavy atom. The highest BCUT2D eigenvalue weighted by Crippen LogP contribution is 2.17. The summed E-state index contributed by atoms with van der Waals surface area (Å²) in [6, 6.07) is 2.04. The Kier molecular flexibility index (Phi) is 2.80. The third kappa shape index (κ3) is 1.75. The fraction of sp³-hybridized carbons (Fsp3) is 0.444. The monoisotopic (exact) mass is 177 g/mol. The molecule has 0 aliphatic carbocycles. The molecule has 4 heteroatoms. The Morgan fingerprint density at radius 2 is 2.15 bits per heavy atom. The van der Waals surface area contributed by atoms with E-state index < -0.39 is 0 Å². The maximum atomic E-state index is 8.84. The van der Waals surface area contributed by atoms with E-state index in [4.69, 9.17) is 10.00 Å². The second-order valence-electron chi connectivity index (χ2n) is 2.57. The number of aryl methyl sites for hydroxylation is 2. The average Bonchev–Trinajstić information content (AvgIpc) is 2.16. The van der Waals surface area contributed by atoms with E-state index in [0.717, 1.165) is 5.69 Å². The minimum absolute atomic E-state index is 0.367. The molecule has 1 heterocycles. The second kappa shape index (κ2) is 3.85. The first-order valence-electron chi connectivity index (χ1n) is 4.04. The summed E-state index contributed by atoms with van der Waals surface area (Å²) in [6.45, 7) is 3.73. The highest BCUT2D eigenvalue weighted by Gasteiger charge is 2.11. The largest absolute Gasteiger partial charge is 0.480 e. The van der Waals surface area contributed by atoms with Crippen molar-refractivity contribution in [3.8, 4) is 11.9 Å². The van der Waals surface area contributed by atoms with E-state index in [1.165, 1.54) is 7.11 Å². The van der Waals surface area contributed by atoms with Gasteiger partial charge < -0.3 is 4.74 Å². The Morgan fingerprint density at radius 1 is 1.46 bits per heavy atom. The van der Waals surface area contributed by atoms with Crippen LogP contribution in [0.15, 0.2) is 0 Å². The number of nitriles is 1. The molecule has 0 amide bonds. The van der Waals surface area contributed by atoms with E-state index in [9.17, 15) is 0 Å². The van der Waals surface area contributed by atoms with Gasteiger partial charge in [0.1, 0.15) is 17.5 Å². The number of rotatable bonds is 2. The third-order valence-electron chi connectivity index (χ3n) is 1.70. The number of methoxy groups -OCH3 is 1. The van der Waals surface area contributed by atoms with Crippen molar-refractivity contribution in [3.63, 3.8) is 0 Å². The van der Waals surface area contributed by atoms with Crippen molar-refractivity contribution in [1.82, 2.24) is 9.97 Å². The van der Waals surface area contributed by atoms with Crippen LogP contribution in [0.3, 0.4) is 0 Å². The maximum absolute atomic E-state index is 8.84. The summed E-state index contributed by atoms with van der Waals surface area (Å²) in [5.41, 5.74) is 1.18. The SMILES string of the molecule is CCc1nc(C)nc(OC)c1C#N. The van der Waals surface area contributed by atoms with Crippen LogP contribution in [0.1, 0.15) is 24.0 Å². The van der Waals surface area contributed by atoms with Crippen LogP contribution in [0.2, 0.25) is 0 Å². The van der Waals surface area contributed by atoms with E-state index >= 15 is 0 Å². The van der Waals surface area contributed by atoms with Gasteiger partial charge >= 0.3 is 0 Å². The lowest BCUT2D eigenvalue weighted by Gasteiger charge is -2.05. The molecule has 0 atom stereocenters. The molecule has 4 nitrogen and oxygen atoms in total. The molecule has 0 spiro atoms. The number of hydrogen-bond acceptors (Lipinski definition) is 4. The molecule has 13 heavy (non-hydrogen) atoms. The Balaban J connectivity index is 3.36. The van der Waals surface area contributed by atoms with Gasteiger partial charge in [0.05, 0.1) is 12.8 Å². The number of hydrogen-bond donors (Lipinski definition) is 0. The molecule has 0 bridgehead atoms. The molecule has 0 radical (unpaired) electrons. The van der Waals surface area contributed by atoms with Gasteiger partial charge in [-0.1, -0.05) is 6.92 Å². The van der Waals surface area contributed by atoms with Crippen LogP contribution in [-0.2, 0) is 6.42 Å². The Hall–Kier alpha value is -1.63. The number of aromatic nitrogens is 2. The zero-order chi connectivity index (χ0) is 9.84. The van der Waals surface area contributed by atoms with Crippen LogP contribution in [0.5, 0.6) is 5.88 Å². The minimum Gasteiger partial charge on any atom is -0.480 e. The smallest absolute Gasteiger partial charge is 0.235 e. The molecule has 0 N–H and O–H groups in total. The molecule has 0 aliphatic rings. The van der Waals surface area contributed by atoms with Crippen LogP contribution in [0.25, 0.3) is 0 Å². The fourth-order valence-corrected chi connectivity index (χ4v) is 1.12. The molecular formula is C9H11N3O. The predicted molar refractivity (Wildman–Crippen MR) is 47.4 cm³/mol. The van der Waals surface area contributed by atoms with Crippen molar-refractivity contribution in [3.05, 3.63) is 17.1 Å². The van der Waals surface area contributed by atoms with Crippen molar-refractivity contribution < 1.29 is 4.74 Å². The summed E-state index contributed by atoms with van der Waals surface area (Å²) in [5, 5.41) is 8.84. The molecule has 0 unspecified atom stereocenters. The third-order valence-corrected chi connectivity index (χ3v) is 1.70. The van der Waals surface area contributed by atoms with Gasteiger partial charge in [-0.25, -0.2) is 4.98 Å². The lowest BCUT2D eigenvalue weighted by molar-refractivity contribution is 0.393. The lowest BCUT2D eigenvalue weighted by atomic mass is 10.2. The summed E-state index contributed by atoms with van der Waals surface area (Å²) >= 11 is 0. The molecular weight excluding hydrogens is 166 g/mol. The van der Waals surface area contributed by atoms with Crippen LogP contribution in [0, 0.1) is 18.3 Å². The van der Waals surface area contributed by atoms with Gasteiger partial charge in [-0.2, -0.15) is 10.2 Å². The zero-order valence-corrected chi connectivity index (χ0v) is 7.96. The van der Waals surface area contributed by atoms with Gasteiger partial charge in [0, 0.05) is 0 Å². The first-order chi connectivity index (χ1) is 6.22. The number of ether oxygens (including phenoxy) is 1. The molecule has 1 rings (SSSR count). The first-order valence-corrected chi connectivity index (χ1v) is 4.04. The van der Waals surface area contributed by atoms with Crippen LogP contribution >= 0.6 is 0 Å². The highest BCUT2D eigenvalue weighted by molar-refractivity contribution is 5.41. The quantitative estimate of drug-likeness (QED) is 0.681. The standard InChI is InChI=1S/C9H11N3O/c1-4-8-7(5-10)9(13-3)12-6(2)11-8/h4H2,1-3H3. The summed E-state index contributed by atoms with van der Waals surface area (Å²) in [5.74, 6) is 1.000. The van der Waals surface area contributed by atoms with Gasteiger partial charge in [-0.05, 0) is 13.3 Å². The zero-order valence-electron chi connectivity index (χ0n) is 7.96. The van der Waals surface area contributed by atoms with Gasteiger partial charge in [0.2, 0.25) is 5.88 Å². The van der Waals surface area contributed by atoms with Gasteiger partial charge in [0.15, 0.2) is 0 Å². The molecule has 0 aliphatic heterocycles. The highest BCUT2D eigenvalue weighted by atomic mass is 16.5. The molecule has 0 aromatic carbocycles. The minimum atomic E-state index is 0.367. The van der Waals surface area contributed by atoms with E-state index in [1.54, 1.807) is 6.92 Å². The van der Waals surface area contributed by atoms with E-state index in [-0.39, 0.29) is 0 Å². The number of nitrogens with zero attached hydrogens (tertiary/aromatic N) is 3. The van der Waals surface area contributed by atoms with Crippen LogP contribution in [0.4, 0.5) is 0 Å². The predicted octanol–water partition coefficient (Wildman–Crippen LogP) is 1.23. The van der Waals surface area contributed by atoms with Crippen molar-refractivity contribution in [2.75, 3.05) is 7.11 Å². The van der Waals surface area contributed by atoms with Gasteiger partial charge in [-0.3, -0.25) is 0 Å². The Labute approximate surface area is 77.2 Å². The van der Waals surface area contributed by atoms with Crippen molar-refractivity contribution in [1.29, 1.82) is 5.26 Å². The Bertz CT molecular complexity index is 329. The van der Waals surface area contributed by atoms with E-state index in [0.29, 0.717) is 23.7 Å². The first kappa shape index (κ1) is 9.46. The van der Waals surface area contributed by atoms with Gasteiger partial charge in [0.25, 0.3) is 0 Å². The van der Waals surface area contributed by atoms with E-state index in [1.807, 2.05) is 13.0 Å². The van der Waals surface area contributed by atoms with Crippen molar-refractivity contribution in [2.45, 2.75) is 20.3 Å². The van der Waals surface area contributed by atoms with E-state index in [2.05, 4.69) is 9.97 Å². The van der Waals surface area contributed by atoms with Crippen LogP contribution in [-0.4, -0.2) is 17.1 Å². The second-order valence-corrected chi connectivity index (χ2v) is 2.57. The fourth-order valence-electron chi connectivity index (χ4n) is 1.12. The summed E-state index contributed by atoms with van der Waals surface area (Å²) in [6.07, 6.45) is 0.711. The topological polar surface area (TPSA) is 58.8 Å². The van der Waals surface area contributed by atoms with Gasteiger partial charge in [-0.15, -0.1) is 0 Å². The molecule has 68 valence electrons. The lowest BCUT2D eigenvalue weighted by Crippen LogP contribution is -2.02. The molecule has 0 saturated heterocycles. The van der Waals surface area contributed by atoms with Crippen molar-refractivity contribution >= 4 is 0 Å². The average molecular weight is 177 g/mol. The summed E-state index contributed by atoms with van der Waals surface area (Å²) in [4.78, 5) is 8.17. The maximum Gasteiger partial charge on any atom is 0.235 e. The molecule has 0 fully saturated rings. The molecule has 0 saturated carbocycles. The molecule has 1 aromatic heterocycles. The summed E-state index contributed by atoms with van der Waals surface area (Å²) in [7, 11) is 1.50. The summed E-state index contributed by atoms with van der Waals surface area (Å²) < 4.78 is 4.99. The van der Waals surface area contributed by atoms with Crippen molar-refractivity contribution in [2.24, 2.45) is 0 Å². The normalized spacial score (nSPS) is 9.38. The molecule has 1 aromatic rings.